The van der Waals surface area contributed by atoms with Crippen LogP contribution in [0.2, 0.25) is 10.0 Å². The number of rotatable bonds is 3. The highest BCUT2D eigenvalue weighted by molar-refractivity contribution is 7.18. The van der Waals surface area contributed by atoms with Crippen molar-refractivity contribution >= 4 is 46.2 Å². The molecular formula is C13H11Cl2NO2S. The molecule has 6 heteroatoms. The fourth-order valence-corrected chi connectivity index (χ4v) is 3.83. The van der Waals surface area contributed by atoms with Gasteiger partial charge in [-0.05, 0) is 24.1 Å². The first-order valence-corrected chi connectivity index (χ1v) is 7.13. The normalized spacial score (nSPS) is 10.7. The van der Waals surface area contributed by atoms with E-state index in [4.69, 9.17) is 34.0 Å². The fourth-order valence-electron chi connectivity index (χ4n) is 1.90. The average molecular weight is 316 g/mol. The van der Waals surface area contributed by atoms with Gasteiger partial charge < -0.3 is 10.8 Å². The molecule has 0 aliphatic rings. The molecule has 3 nitrogen and oxygen atoms in total. The Kier molecular flexibility index (Phi) is 4.04. The maximum atomic E-state index is 11.2. The van der Waals surface area contributed by atoms with Crippen LogP contribution in [0, 0.1) is 0 Å². The molecule has 100 valence electrons. The molecule has 0 saturated heterocycles. The molecule has 1 aromatic heterocycles. The Balaban J connectivity index is 2.76. The summed E-state index contributed by atoms with van der Waals surface area (Å²) in [6.45, 7) is 1.91. The van der Waals surface area contributed by atoms with E-state index in [1.165, 1.54) is 0 Å². The SMILES string of the molecule is CCc1c(-c2c(Cl)cccc2Cl)sc(C(=O)O)c1N. The molecule has 1 heterocycles. The van der Waals surface area contributed by atoms with E-state index in [2.05, 4.69) is 0 Å². The molecule has 0 fully saturated rings. The lowest BCUT2D eigenvalue weighted by atomic mass is 10.1. The molecule has 2 aromatic rings. The second kappa shape index (κ2) is 5.41. The third-order valence-corrected chi connectivity index (χ3v) is 4.67. The van der Waals surface area contributed by atoms with Crippen molar-refractivity contribution in [2.24, 2.45) is 0 Å². The van der Waals surface area contributed by atoms with E-state index in [0.29, 0.717) is 27.7 Å². The second-order valence-corrected chi connectivity index (χ2v) is 5.74. The summed E-state index contributed by atoms with van der Waals surface area (Å²) in [5.41, 5.74) is 7.61. The summed E-state index contributed by atoms with van der Waals surface area (Å²) in [6, 6.07) is 5.19. The van der Waals surface area contributed by atoms with Crippen molar-refractivity contribution in [3.8, 4) is 10.4 Å². The van der Waals surface area contributed by atoms with Crippen LogP contribution in [0.25, 0.3) is 10.4 Å². The lowest BCUT2D eigenvalue weighted by molar-refractivity contribution is 0.0703. The molecular weight excluding hydrogens is 305 g/mol. The number of carbonyl (C=O) groups is 1. The maximum absolute atomic E-state index is 11.2. The van der Waals surface area contributed by atoms with Crippen molar-refractivity contribution in [3.05, 3.63) is 38.7 Å². The summed E-state index contributed by atoms with van der Waals surface area (Å²) in [4.78, 5) is 12.0. The zero-order valence-corrected chi connectivity index (χ0v) is 12.4. The Hall–Kier alpha value is -1.23. The van der Waals surface area contributed by atoms with Gasteiger partial charge in [0.05, 0.1) is 15.7 Å². The number of carboxylic acid groups (broad SMARTS) is 1. The number of nitrogen functional groups attached to an aromatic ring is 1. The summed E-state index contributed by atoms with van der Waals surface area (Å²) < 4.78 is 0. The molecule has 1 aromatic carbocycles. The van der Waals surface area contributed by atoms with Crippen molar-refractivity contribution in [2.75, 3.05) is 5.73 Å². The number of hydrogen-bond acceptors (Lipinski definition) is 3. The van der Waals surface area contributed by atoms with E-state index >= 15 is 0 Å². The molecule has 19 heavy (non-hydrogen) atoms. The van der Waals surface area contributed by atoms with E-state index in [1.54, 1.807) is 18.2 Å². The van der Waals surface area contributed by atoms with Gasteiger partial charge in [-0.3, -0.25) is 0 Å². The van der Waals surface area contributed by atoms with Crippen LogP contribution in [0.3, 0.4) is 0 Å². The highest BCUT2D eigenvalue weighted by Gasteiger charge is 2.22. The molecule has 0 aliphatic carbocycles. The Bertz CT molecular complexity index is 632. The van der Waals surface area contributed by atoms with Crippen LogP contribution >= 0.6 is 34.5 Å². The number of thiophene rings is 1. The van der Waals surface area contributed by atoms with Crippen LogP contribution in [0.5, 0.6) is 0 Å². The molecule has 0 bridgehead atoms. The van der Waals surface area contributed by atoms with Crippen molar-refractivity contribution < 1.29 is 9.90 Å². The molecule has 0 unspecified atom stereocenters. The topological polar surface area (TPSA) is 63.3 Å². The van der Waals surface area contributed by atoms with E-state index in [1.807, 2.05) is 6.92 Å². The van der Waals surface area contributed by atoms with Gasteiger partial charge in [-0.1, -0.05) is 36.2 Å². The van der Waals surface area contributed by atoms with Gasteiger partial charge in [0.15, 0.2) is 0 Å². The third-order valence-electron chi connectivity index (χ3n) is 2.79. The van der Waals surface area contributed by atoms with Gasteiger partial charge in [0.25, 0.3) is 0 Å². The number of carboxylic acids is 1. The first-order chi connectivity index (χ1) is 8.97. The molecule has 0 amide bonds. The number of benzene rings is 1. The van der Waals surface area contributed by atoms with Gasteiger partial charge in [0, 0.05) is 10.4 Å². The predicted octanol–water partition coefficient (Wildman–Crippen LogP) is 4.56. The summed E-state index contributed by atoms with van der Waals surface area (Å²) in [5, 5.41) is 10.1. The van der Waals surface area contributed by atoms with Gasteiger partial charge in [-0.25, -0.2) is 4.79 Å². The number of anilines is 1. The quantitative estimate of drug-likeness (QED) is 0.872. The Morgan fingerprint density at radius 3 is 2.42 bits per heavy atom. The van der Waals surface area contributed by atoms with Crippen LogP contribution in [0.1, 0.15) is 22.2 Å². The van der Waals surface area contributed by atoms with E-state index < -0.39 is 5.97 Å². The monoisotopic (exact) mass is 315 g/mol. The Labute approximate surface area is 124 Å². The highest BCUT2D eigenvalue weighted by Crippen LogP contribution is 2.44. The van der Waals surface area contributed by atoms with Crippen LogP contribution in [0.4, 0.5) is 5.69 Å². The summed E-state index contributed by atoms with van der Waals surface area (Å²) in [7, 11) is 0. The highest BCUT2D eigenvalue weighted by atomic mass is 35.5. The molecule has 0 saturated carbocycles. The molecule has 0 aliphatic heterocycles. The minimum absolute atomic E-state index is 0.128. The first kappa shape index (κ1) is 14.2. The molecule has 0 radical (unpaired) electrons. The molecule has 0 atom stereocenters. The van der Waals surface area contributed by atoms with Crippen LogP contribution < -0.4 is 5.73 Å². The second-order valence-electron chi connectivity index (χ2n) is 3.91. The fraction of sp³-hybridized carbons (Fsp3) is 0.154. The van der Waals surface area contributed by atoms with Gasteiger partial charge in [-0.2, -0.15) is 0 Å². The summed E-state index contributed by atoms with van der Waals surface area (Å²) in [6.07, 6.45) is 0.618. The Morgan fingerprint density at radius 1 is 1.37 bits per heavy atom. The minimum atomic E-state index is -1.04. The van der Waals surface area contributed by atoms with Crippen molar-refractivity contribution in [1.82, 2.24) is 0 Å². The van der Waals surface area contributed by atoms with Gasteiger partial charge in [0.1, 0.15) is 4.88 Å². The van der Waals surface area contributed by atoms with Gasteiger partial charge in [-0.15, -0.1) is 11.3 Å². The summed E-state index contributed by atoms with van der Waals surface area (Å²) >= 11 is 13.4. The predicted molar refractivity (Wildman–Crippen MR) is 80.5 cm³/mol. The third kappa shape index (κ3) is 2.43. The molecule has 0 spiro atoms. The van der Waals surface area contributed by atoms with Crippen LogP contribution in [0.15, 0.2) is 18.2 Å². The lowest BCUT2D eigenvalue weighted by Crippen LogP contribution is -1.99. The maximum Gasteiger partial charge on any atom is 0.348 e. The molecule has 3 N–H and O–H groups in total. The first-order valence-electron chi connectivity index (χ1n) is 5.56. The van der Waals surface area contributed by atoms with Crippen molar-refractivity contribution in [2.45, 2.75) is 13.3 Å². The number of hydrogen-bond donors (Lipinski definition) is 2. The number of nitrogens with two attached hydrogens (primary N) is 1. The van der Waals surface area contributed by atoms with Crippen molar-refractivity contribution in [1.29, 1.82) is 0 Å². The van der Waals surface area contributed by atoms with Gasteiger partial charge >= 0.3 is 5.97 Å². The van der Waals surface area contributed by atoms with E-state index in [-0.39, 0.29) is 4.88 Å². The van der Waals surface area contributed by atoms with Crippen molar-refractivity contribution in [3.63, 3.8) is 0 Å². The van der Waals surface area contributed by atoms with Crippen LogP contribution in [-0.2, 0) is 6.42 Å². The number of halogens is 2. The smallest absolute Gasteiger partial charge is 0.348 e. The largest absolute Gasteiger partial charge is 0.477 e. The standard InChI is InChI=1S/C13H11Cl2NO2S/c1-2-6-10(16)12(13(17)18)19-11(6)9-7(14)4-3-5-8(9)15/h3-5H,2,16H2,1H3,(H,17,18). The van der Waals surface area contributed by atoms with Crippen LogP contribution in [-0.4, -0.2) is 11.1 Å². The van der Waals surface area contributed by atoms with E-state index in [0.717, 1.165) is 21.8 Å². The average Bonchev–Trinajstić information content (AvgIpc) is 2.66. The number of aromatic carboxylic acids is 1. The molecule has 2 rings (SSSR count). The van der Waals surface area contributed by atoms with Gasteiger partial charge in [0.2, 0.25) is 0 Å². The zero-order valence-electron chi connectivity index (χ0n) is 10.0. The minimum Gasteiger partial charge on any atom is -0.477 e. The van der Waals surface area contributed by atoms with E-state index in [9.17, 15) is 4.79 Å². The summed E-state index contributed by atoms with van der Waals surface area (Å²) in [5.74, 6) is -1.04. The Morgan fingerprint density at radius 2 is 1.95 bits per heavy atom. The zero-order chi connectivity index (χ0) is 14.2. The lowest BCUT2D eigenvalue weighted by Gasteiger charge is -2.07.